The van der Waals surface area contributed by atoms with Crippen molar-refractivity contribution in [3.05, 3.63) is 40.9 Å². The van der Waals surface area contributed by atoms with E-state index in [1.807, 2.05) is 6.92 Å². The smallest absolute Gasteiger partial charge is 0.338 e. The Bertz CT molecular complexity index is 390. The summed E-state index contributed by atoms with van der Waals surface area (Å²) in [5.74, 6) is -0.957. The van der Waals surface area contributed by atoms with Gasteiger partial charge in [0.2, 0.25) is 0 Å². The molecule has 2 N–H and O–H groups in total. The van der Waals surface area contributed by atoms with Crippen molar-refractivity contribution in [3.8, 4) is 0 Å². The number of hydrogen-bond donors (Lipinski definition) is 2. The number of carboxylic acids is 1. The van der Waals surface area contributed by atoms with E-state index < -0.39 is 5.97 Å². The van der Waals surface area contributed by atoms with E-state index in [4.69, 9.17) is 5.11 Å². The van der Waals surface area contributed by atoms with Crippen molar-refractivity contribution >= 4 is 27.6 Å². The van der Waals surface area contributed by atoms with Crippen LogP contribution >= 0.6 is 15.9 Å². The number of anilines is 1. The fourth-order valence-electron chi connectivity index (χ4n) is 1.17. The van der Waals surface area contributed by atoms with E-state index >= 15 is 0 Å². The molecule has 1 atom stereocenters. The van der Waals surface area contributed by atoms with Gasteiger partial charge in [0.1, 0.15) is 0 Å². The molecule has 0 bridgehead atoms. The van der Waals surface area contributed by atoms with Crippen LogP contribution < -0.4 is 5.32 Å². The van der Waals surface area contributed by atoms with Gasteiger partial charge < -0.3 is 10.4 Å². The Morgan fingerprint density at radius 1 is 1.67 bits per heavy atom. The number of hydrogen-bond acceptors (Lipinski definition) is 2. The first-order chi connectivity index (χ1) is 7.06. The Morgan fingerprint density at radius 3 is 2.87 bits per heavy atom. The molecule has 80 valence electrons. The Balaban J connectivity index is 3.11. The lowest BCUT2D eigenvalue weighted by atomic mass is 10.1. The number of rotatable bonds is 4. The van der Waals surface area contributed by atoms with Crippen LogP contribution in [0.5, 0.6) is 0 Å². The van der Waals surface area contributed by atoms with Crippen LogP contribution in [0.1, 0.15) is 17.3 Å². The van der Waals surface area contributed by atoms with E-state index in [1.165, 1.54) is 0 Å². The molecule has 4 heteroatoms. The first-order valence-corrected chi connectivity index (χ1v) is 5.26. The lowest BCUT2D eigenvalue weighted by Crippen LogP contribution is -2.14. The Hall–Kier alpha value is -1.29. The minimum absolute atomic E-state index is 0.0254. The summed E-state index contributed by atoms with van der Waals surface area (Å²) in [6.45, 7) is 5.53. The van der Waals surface area contributed by atoms with Gasteiger partial charge in [0.25, 0.3) is 0 Å². The molecule has 0 radical (unpaired) electrons. The number of carboxylic acid groups (broad SMARTS) is 1. The standard InChI is InChI=1S/C11H12BrNO2/c1-3-7(2)13-9-6-4-5-8(12)10(9)11(14)15/h3-7,13H,1H2,2H3,(H,14,15). The fourth-order valence-corrected chi connectivity index (χ4v) is 1.70. The Labute approximate surface area is 96.9 Å². The number of carbonyl (C=O) groups is 1. The number of halogens is 1. The molecule has 0 saturated heterocycles. The maximum Gasteiger partial charge on any atom is 0.338 e. The van der Waals surface area contributed by atoms with Crippen molar-refractivity contribution in [1.82, 2.24) is 0 Å². The van der Waals surface area contributed by atoms with E-state index in [-0.39, 0.29) is 11.6 Å². The van der Waals surface area contributed by atoms with E-state index in [0.717, 1.165) is 0 Å². The summed E-state index contributed by atoms with van der Waals surface area (Å²) in [7, 11) is 0. The molecule has 1 unspecified atom stereocenters. The minimum Gasteiger partial charge on any atom is -0.478 e. The summed E-state index contributed by atoms with van der Waals surface area (Å²) in [4.78, 5) is 11.0. The Morgan fingerprint density at radius 2 is 2.33 bits per heavy atom. The number of benzene rings is 1. The van der Waals surface area contributed by atoms with Crippen LogP contribution in [0, 0.1) is 0 Å². The van der Waals surface area contributed by atoms with Crippen molar-refractivity contribution in [1.29, 1.82) is 0 Å². The molecule has 0 aliphatic carbocycles. The average molecular weight is 270 g/mol. The summed E-state index contributed by atoms with van der Waals surface area (Å²) >= 11 is 3.21. The van der Waals surface area contributed by atoms with Crippen LogP contribution in [0.4, 0.5) is 5.69 Å². The SMILES string of the molecule is C=CC(C)Nc1cccc(Br)c1C(=O)O. The first kappa shape index (κ1) is 11.8. The van der Waals surface area contributed by atoms with Gasteiger partial charge in [0.05, 0.1) is 11.3 Å². The molecule has 1 aromatic rings. The zero-order chi connectivity index (χ0) is 11.4. The molecule has 0 saturated carbocycles. The quantitative estimate of drug-likeness (QED) is 0.826. The third-order valence-electron chi connectivity index (χ3n) is 1.96. The molecular weight excluding hydrogens is 258 g/mol. The molecule has 15 heavy (non-hydrogen) atoms. The third kappa shape index (κ3) is 2.83. The highest BCUT2D eigenvalue weighted by molar-refractivity contribution is 9.10. The summed E-state index contributed by atoms with van der Waals surface area (Å²) in [5, 5.41) is 12.1. The predicted molar refractivity (Wildman–Crippen MR) is 64.4 cm³/mol. The van der Waals surface area contributed by atoms with Crippen molar-refractivity contribution in [2.24, 2.45) is 0 Å². The molecule has 0 heterocycles. The summed E-state index contributed by atoms with van der Waals surface area (Å²) in [6.07, 6.45) is 1.71. The summed E-state index contributed by atoms with van der Waals surface area (Å²) < 4.78 is 0.566. The second kappa shape index (κ2) is 4.98. The number of aromatic carboxylic acids is 1. The second-order valence-electron chi connectivity index (χ2n) is 3.14. The van der Waals surface area contributed by atoms with Crippen LogP contribution in [-0.2, 0) is 0 Å². The highest BCUT2D eigenvalue weighted by Crippen LogP contribution is 2.25. The van der Waals surface area contributed by atoms with Gasteiger partial charge in [-0.25, -0.2) is 4.79 Å². The summed E-state index contributed by atoms with van der Waals surface area (Å²) in [6, 6.07) is 5.24. The molecule has 0 spiro atoms. The molecular formula is C11H12BrNO2. The van der Waals surface area contributed by atoms with Gasteiger partial charge >= 0.3 is 5.97 Å². The summed E-state index contributed by atoms with van der Waals surface area (Å²) in [5.41, 5.74) is 0.829. The topological polar surface area (TPSA) is 49.3 Å². The van der Waals surface area contributed by atoms with Gasteiger partial charge in [-0.15, -0.1) is 6.58 Å². The van der Waals surface area contributed by atoms with Crippen LogP contribution in [0.3, 0.4) is 0 Å². The van der Waals surface area contributed by atoms with Gasteiger partial charge in [-0.3, -0.25) is 0 Å². The molecule has 1 rings (SSSR count). The van der Waals surface area contributed by atoms with E-state index in [9.17, 15) is 4.79 Å². The van der Waals surface area contributed by atoms with Gasteiger partial charge in [0.15, 0.2) is 0 Å². The lowest BCUT2D eigenvalue weighted by molar-refractivity contribution is 0.0697. The highest BCUT2D eigenvalue weighted by atomic mass is 79.9. The van der Waals surface area contributed by atoms with Gasteiger partial charge in [-0.1, -0.05) is 12.1 Å². The maximum atomic E-state index is 11.0. The number of nitrogens with one attached hydrogen (secondary N) is 1. The third-order valence-corrected chi connectivity index (χ3v) is 2.63. The molecule has 3 nitrogen and oxygen atoms in total. The Kier molecular flexibility index (Phi) is 3.91. The van der Waals surface area contributed by atoms with Gasteiger partial charge in [-0.2, -0.15) is 0 Å². The molecule has 1 aromatic carbocycles. The van der Waals surface area contributed by atoms with Gasteiger partial charge in [-0.05, 0) is 35.0 Å². The van der Waals surface area contributed by atoms with E-state index in [0.29, 0.717) is 10.2 Å². The monoisotopic (exact) mass is 269 g/mol. The lowest BCUT2D eigenvalue weighted by Gasteiger charge is -2.14. The second-order valence-corrected chi connectivity index (χ2v) is 3.99. The van der Waals surface area contributed by atoms with Crippen molar-refractivity contribution < 1.29 is 9.90 Å². The van der Waals surface area contributed by atoms with Crippen LogP contribution in [0.15, 0.2) is 35.3 Å². The average Bonchev–Trinajstić information content (AvgIpc) is 2.17. The van der Waals surface area contributed by atoms with Crippen LogP contribution in [0.2, 0.25) is 0 Å². The molecule has 0 aliphatic heterocycles. The van der Waals surface area contributed by atoms with Gasteiger partial charge in [0, 0.05) is 10.5 Å². The zero-order valence-corrected chi connectivity index (χ0v) is 9.91. The largest absolute Gasteiger partial charge is 0.478 e. The predicted octanol–water partition coefficient (Wildman–Crippen LogP) is 3.13. The van der Waals surface area contributed by atoms with E-state index in [2.05, 4.69) is 27.8 Å². The molecule has 0 aromatic heterocycles. The van der Waals surface area contributed by atoms with Crippen LogP contribution in [-0.4, -0.2) is 17.1 Å². The first-order valence-electron chi connectivity index (χ1n) is 4.47. The fraction of sp³-hybridized carbons (Fsp3) is 0.182. The molecule has 0 aliphatic rings. The highest BCUT2D eigenvalue weighted by Gasteiger charge is 2.14. The molecule has 0 fully saturated rings. The normalized spacial score (nSPS) is 11.9. The minimum atomic E-state index is -0.957. The maximum absolute atomic E-state index is 11.0. The van der Waals surface area contributed by atoms with Crippen molar-refractivity contribution in [3.63, 3.8) is 0 Å². The van der Waals surface area contributed by atoms with Crippen molar-refractivity contribution in [2.45, 2.75) is 13.0 Å². The molecule has 0 amide bonds. The van der Waals surface area contributed by atoms with Crippen molar-refractivity contribution in [2.75, 3.05) is 5.32 Å². The zero-order valence-electron chi connectivity index (χ0n) is 8.33. The van der Waals surface area contributed by atoms with E-state index in [1.54, 1.807) is 24.3 Å². The van der Waals surface area contributed by atoms with Crippen LogP contribution in [0.25, 0.3) is 0 Å².